The van der Waals surface area contributed by atoms with Crippen molar-refractivity contribution in [3.63, 3.8) is 0 Å². The van der Waals surface area contributed by atoms with Crippen molar-refractivity contribution in [3.8, 4) is 0 Å². The predicted octanol–water partition coefficient (Wildman–Crippen LogP) is 22.0. The number of hydrogen-bond donors (Lipinski definition) is 0. The molecule has 0 aliphatic rings. The van der Waals surface area contributed by atoms with Crippen LogP contribution in [0.25, 0.3) is 0 Å². The number of ether oxygens (including phenoxy) is 3. The molecule has 6 heteroatoms. The van der Waals surface area contributed by atoms with Crippen LogP contribution in [-0.4, -0.2) is 37.2 Å². The average Bonchev–Trinajstić information content (AvgIpc) is 3.39. The van der Waals surface area contributed by atoms with Crippen molar-refractivity contribution in [1.82, 2.24) is 0 Å². The van der Waals surface area contributed by atoms with Gasteiger partial charge in [-0.05, 0) is 70.6 Å². The van der Waals surface area contributed by atoms with Gasteiger partial charge in [-0.1, -0.05) is 301 Å². The van der Waals surface area contributed by atoms with E-state index in [0.29, 0.717) is 19.3 Å². The van der Waals surface area contributed by atoms with Crippen LogP contribution < -0.4 is 0 Å². The number of hydrogen-bond acceptors (Lipinski definition) is 6. The molecule has 1 unspecified atom stereocenters. The Morgan fingerprint density at radius 3 is 0.822 bits per heavy atom. The second kappa shape index (κ2) is 62.2. The molecule has 0 aliphatic carbocycles. The lowest BCUT2D eigenvalue weighted by Gasteiger charge is -2.18. The fourth-order valence-corrected chi connectivity index (χ4v) is 9.69. The molecule has 0 aromatic heterocycles. The standard InChI is InChI=1S/C67H124O6/c1-4-7-10-13-16-19-22-25-27-28-29-30-31-32-33-34-35-36-37-38-39-40-43-45-48-51-54-57-60-66(69)72-63-64(62-71-65(68)59-56-53-50-47-44-41-24-21-18-15-12-9-6-3)73-67(70)61-58-55-52-49-46-42-26-23-20-17-14-11-8-5-2/h14,17,21,23-24,26,64H,4-13,15-16,18-20,22,25,27-63H2,1-3H3/b17-14-,24-21-,26-23-. The molecule has 0 heterocycles. The van der Waals surface area contributed by atoms with Crippen LogP contribution in [0.1, 0.15) is 355 Å². The number of rotatable bonds is 60. The number of carbonyl (C=O) groups is 3. The van der Waals surface area contributed by atoms with E-state index in [9.17, 15) is 14.4 Å². The molecule has 0 N–H and O–H groups in total. The quantitative estimate of drug-likeness (QED) is 0.0261. The third-order valence-electron chi connectivity index (χ3n) is 14.6. The monoisotopic (exact) mass is 1020 g/mol. The van der Waals surface area contributed by atoms with Gasteiger partial charge in [0.25, 0.3) is 0 Å². The Balaban J connectivity index is 4.15. The lowest BCUT2D eigenvalue weighted by Crippen LogP contribution is -2.30. The number of allylic oxidation sites excluding steroid dienone is 6. The summed E-state index contributed by atoms with van der Waals surface area (Å²) in [6.45, 7) is 6.62. The lowest BCUT2D eigenvalue weighted by atomic mass is 10.0. The first kappa shape index (κ1) is 70.6. The highest BCUT2D eigenvalue weighted by atomic mass is 16.6. The first-order chi connectivity index (χ1) is 36.0. The molecular weight excluding hydrogens is 901 g/mol. The molecule has 0 fully saturated rings. The van der Waals surface area contributed by atoms with E-state index in [1.54, 1.807) is 0 Å². The number of carbonyl (C=O) groups excluding carboxylic acids is 3. The molecule has 0 aromatic carbocycles. The largest absolute Gasteiger partial charge is 0.462 e. The zero-order chi connectivity index (χ0) is 52.9. The number of esters is 3. The van der Waals surface area contributed by atoms with Gasteiger partial charge < -0.3 is 14.2 Å². The maximum atomic E-state index is 12.9. The SMILES string of the molecule is CCCC/C=C\C/C=C\CCCCCCCC(=O)OC(COC(=O)CCCCCCC/C=C\CCCCCC)COC(=O)CCCCCCCCCCCCCCCCCCCCCCCCCCCCCC. The van der Waals surface area contributed by atoms with E-state index in [1.807, 2.05) is 0 Å². The summed E-state index contributed by atoms with van der Waals surface area (Å²) in [5.41, 5.74) is 0. The minimum atomic E-state index is -0.781. The van der Waals surface area contributed by atoms with Gasteiger partial charge in [0, 0.05) is 19.3 Å². The van der Waals surface area contributed by atoms with Crippen molar-refractivity contribution < 1.29 is 28.6 Å². The molecule has 1 atom stereocenters. The second-order valence-electron chi connectivity index (χ2n) is 22.0. The molecule has 73 heavy (non-hydrogen) atoms. The van der Waals surface area contributed by atoms with Gasteiger partial charge in [-0.25, -0.2) is 0 Å². The summed E-state index contributed by atoms with van der Waals surface area (Å²) in [5, 5.41) is 0. The summed E-state index contributed by atoms with van der Waals surface area (Å²) in [7, 11) is 0. The molecule has 0 aliphatic heterocycles. The van der Waals surface area contributed by atoms with Gasteiger partial charge in [0.2, 0.25) is 0 Å². The van der Waals surface area contributed by atoms with Crippen molar-refractivity contribution in [1.29, 1.82) is 0 Å². The zero-order valence-electron chi connectivity index (χ0n) is 49.2. The van der Waals surface area contributed by atoms with Gasteiger partial charge in [-0.2, -0.15) is 0 Å². The van der Waals surface area contributed by atoms with Crippen molar-refractivity contribution in [2.24, 2.45) is 0 Å². The Labute approximate surface area is 455 Å². The summed E-state index contributed by atoms with van der Waals surface area (Å²) in [4.78, 5) is 38.2. The van der Waals surface area contributed by atoms with E-state index in [1.165, 1.54) is 225 Å². The minimum absolute atomic E-state index is 0.0768. The van der Waals surface area contributed by atoms with Gasteiger partial charge in [0.05, 0.1) is 0 Å². The summed E-state index contributed by atoms with van der Waals surface area (Å²) in [5.74, 6) is -0.880. The second-order valence-corrected chi connectivity index (χ2v) is 22.0. The molecule has 0 spiro atoms. The van der Waals surface area contributed by atoms with Crippen LogP contribution in [0.4, 0.5) is 0 Å². The Bertz CT molecular complexity index is 1220. The van der Waals surface area contributed by atoms with Gasteiger partial charge in [0.1, 0.15) is 13.2 Å². The van der Waals surface area contributed by atoms with E-state index in [-0.39, 0.29) is 31.1 Å². The summed E-state index contributed by atoms with van der Waals surface area (Å²) in [6.07, 6.45) is 76.0. The molecule has 0 aromatic rings. The maximum Gasteiger partial charge on any atom is 0.306 e. The zero-order valence-corrected chi connectivity index (χ0v) is 49.2. The van der Waals surface area contributed by atoms with Crippen molar-refractivity contribution in [3.05, 3.63) is 36.5 Å². The minimum Gasteiger partial charge on any atom is -0.462 e. The summed E-state index contributed by atoms with van der Waals surface area (Å²) in [6, 6.07) is 0. The van der Waals surface area contributed by atoms with Crippen LogP contribution in [0.2, 0.25) is 0 Å². The summed E-state index contributed by atoms with van der Waals surface area (Å²) >= 11 is 0. The predicted molar refractivity (Wildman–Crippen MR) is 316 cm³/mol. The van der Waals surface area contributed by atoms with Crippen LogP contribution >= 0.6 is 0 Å². The van der Waals surface area contributed by atoms with Crippen molar-refractivity contribution in [2.45, 2.75) is 361 Å². The molecule has 0 radical (unpaired) electrons. The Hall–Kier alpha value is -2.37. The maximum absolute atomic E-state index is 12.9. The first-order valence-corrected chi connectivity index (χ1v) is 32.5. The van der Waals surface area contributed by atoms with Crippen molar-refractivity contribution in [2.75, 3.05) is 13.2 Å². The van der Waals surface area contributed by atoms with Crippen LogP contribution in [0.5, 0.6) is 0 Å². The van der Waals surface area contributed by atoms with Crippen LogP contribution in [0, 0.1) is 0 Å². The molecular formula is C67H124O6. The van der Waals surface area contributed by atoms with E-state index in [0.717, 1.165) is 89.9 Å². The normalized spacial score (nSPS) is 12.2. The molecule has 428 valence electrons. The van der Waals surface area contributed by atoms with Gasteiger partial charge in [0.15, 0.2) is 6.10 Å². The van der Waals surface area contributed by atoms with Crippen LogP contribution in [-0.2, 0) is 28.6 Å². The topological polar surface area (TPSA) is 78.9 Å². The Morgan fingerprint density at radius 1 is 0.274 bits per heavy atom. The molecule has 0 saturated heterocycles. The van der Waals surface area contributed by atoms with Gasteiger partial charge in [-0.3, -0.25) is 14.4 Å². The smallest absolute Gasteiger partial charge is 0.306 e. The first-order valence-electron chi connectivity index (χ1n) is 32.5. The lowest BCUT2D eigenvalue weighted by molar-refractivity contribution is -0.167. The van der Waals surface area contributed by atoms with E-state index < -0.39 is 6.10 Å². The van der Waals surface area contributed by atoms with E-state index in [2.05, 4.69) is 57.2 Å². The molecule has 0 saturated carbocycles. The number of unbranched alkanes of at least 4 members (excludes halogenated alkanes) is 43. The molecule has 0 bridgehead atoms. The molecule has 0 rings (SSSR count). The fourth-order valence-electron chi connectivity index (χ4n) is 9.69. The average molecular weight is 1030 g/mol. The van der Waals surface area contributed by atoms with E-state index >= 15 is 0 Å². The third-order valence-corrected chi connectivity index (χ3v) is 14.6. The van der Waals surface area contributed by atoms with Gasteiger partial charge >= 0.3 is 17.9 Å². The van der Waals surface area contributed by atoms with Crippen molar-refractivity contribution >= 4 is 17.9 Å². The highest BCUT2D eigenvalue weighted by molar-refractivity contribution is 5.71. The van der Waals surface area contributed by atoms with Crippen LogP contribution in [0.15, 0.2) is 36.5 Å². The fraction of sp³-hybridized carbons (Fsp3) is 0.866. The molecule has 6 nitrogen and oxygen atoms in total. The van der Waals surface area contributed by atoms with E-state index in [4.69, 9.17) is 14.2 Å². The Morgan fingerprint density at radius 2 is 0.507 bits per heavy atom. The van der Waals surface area contributed by atoms with Crippen LogP contribution in [0.3, 0.4) is 0 Å². The Kier molecular flexibility index (Phi) is 60.2. The highest BCUT2D eigenvalue weighted by Gasteiger charge is 2.19. The highest BCUT2D eigenvalue weighted by Crippen LogP contribution is 2.18. The molecule has 0 amide bonds. The van der Waals surface area contributed by atoms with Gasteiger partial charge in [-0.15, -0.1) is 0 Å². The third kappa shape index (κ3) is 60.4. The summed E-state index contributed by atoms with van der Waals surface area (Å²) < 4.78 is 16.9.